The summed E-state index contributed by atoms with van der Waals surface area (Å²) in [4.78, 5) is 22.2. The molecule has 1 atom stereocenters. The van der Waals surface area contributed by atoms with Gasteiger partial charge < -0.3 is 10.6 Å². The van der Waals surface area contributed by atoms with Crippen molar-refractivity contribution in [2.75, 3.05) is 12.3 Å². The second-order valence-electron chi connectivity index (χ2n) is 4.83. The number of nitrogens with zero attached hydrogens (tertiary/aromatic N) is 5. The van der Waals surface area contributed by atoms with Gasteiger partial charge in [-0.1, -0.05) is 6.07 Å². The van der Waals surface area contributed by atoms with E-state index in [0.29, 0.717) is 0 Å². The van der Waals surface area contributed by atoms with Crippen molar-refractivity contribution in [3.8, 4) is 0 Å². The van der Waals surface area contributed by atoms with Crippen molar-refractivity contribution >= 4 is 11.9 Å². The van der Waals surface area contributed by atoms with Gasteiger partial charge in [0.15, 0.2) is 0 Å². The number of carbonyl (C=O) groups is 1. The number of pyridine rings is 1. The highest BCUT2D eigenvalue weighted by Gasteiger charge is 2.30. The van der Waals surface area contributed by atoms with E-state index in [1.54, 1.807) is 6.20 Å². The molecule has 1 fully saturated rings. The highest BCUT2D eigenvalue weighted by atomic mass is 16.2. The summed E-state index contributed by atoms with van der Waals surface area (Å²) in [6.07, 6.45) is 7.01. The van der Waals surface area contributed by atoms with Crippen LogP contribution in [0.1, 0.15) is 24.4 Å². The summed E-state index contributed by atoms with van der Waals surface area (Å²) in [5.41, 5.74) is 6.53. The third kappa shape index (κ3) is 2.47. The van der Waals surface area contributed by atoms with Crippen LogP contribution in [0.4, 0.5) is 5.95 Å². The fourth-order valence-corrected chi connectivity index (χ4v) is 2.60. The standard InChI is InChI=1S/C13H16N6O/c14-13-16-9-18(17-13)8-12(20)19-6-2-4-11(19)10-3-1-5-15-7-10/h1,3,5,7,9,11H,2,4,6,8H2,(H2,14,17). The normalized spacial score (nSPS) is 18.4. The third-order valence-corrected chi connectivity index (χ3v) is 3.49. The minimum Gasteiger partial charge on any atom is -0.367 e. The molecule has 2 aromatic heterocycles. The van der Waals surface area contributed by atoms with Gasteiger partial charge in [0.1, 0.15) is 12.9 Å². The number of anilines is 1. The number of rotatable bonds is 3. The van der Waals surface area contributed by atoms with Crippen LogP contribution in [0.5, 0.6) is 0 Å². The van der Waals surface area contributed by atoms with E-state index in [0.717, 1.165) is 24.9 Å². The predicted molar refractivity (Wildman–Crippen MR) is 72.4 cm³/mol. The van der Waals surface area contributed by atoms with Gasteiger partial charge in [-0.15, -0.1) is 5.10 Å². The van der Waals surface area contributed by atoms with E-state index in [1.165, 1.54) is 11.0 Å². The van der Waals surface area contributed by atoms with Gasteiger partial charge in [0.25, 0.3) is 0 Å². The summed E-state index contributed by atoms with van der Waals surface area (Å²) in [5.74, 6) is 0.212. The maximum absolute atomic E-state index is 12.4. The summed E-state index contributed by atoms with van der Waals surface area (Å²) < 4.78 is 1.47. The Hall–Kier alpha value is -2.44. The van der Waals surface area contributed by atoms with Crippen LogP contribution in [0, 0.1) is 0 Å². The van der Waals surface area contributed by atoms with Gasteiger partial charge in [-0.3, -0.25) is 9.78 Å². The van der Waals surface area contributed by atoms with E-state index in [4.69, 9.17) is 5.73 Å². The van der Waals surface area contributed by atoms with Crippen LogP contribution in [0.25, 0.3) is 0 Å². The van der Waals surface area contributed by atoms with Crippen molar-refractivity contribution < 1.29 is 4.79 Å². The summed E-state index contributed by atoms with van der Waals surface area (Å²) >= 11 is 0. The largest absolute Gasteiger partial charge is 0.367 e. The lowest BCUT2D eigenvalue weighted by Gasteiger charge is -2.24. The summed E-state index contributed by atoms with van der Waals surface area (Å²) in [6, 6.07) is 4.02. The number of nitrogen functional groups attached to an aromatic ring is 1. The van der Waals surface area contributed by atoms with Crippen molar-refractivity contribution in [2.24, 2.45) is 0 Å². The van der Waals surface area contributed by atoms with E-state index >= 15 is 0 Å². The van der Waals surface area contributed by atoms with Gasteiger partial charge in [-0.05, 0) is 24.5 Å². The van der Waals surface area contributed by atoms with Gasteiger partial charge in [-0.2, -0.15) is 0 Å². The molecule has 7 nitrogen and oxygen atoms in total. The number of hydrogen-bond acceptors (Lipinski definition) is 5. The first-order valence-corrected chi connectivity index (χ1v) is 6.58. The first-order chi connectivity index (χ1) is 9.74. The fourth-order valence-electron chi connectivity index (χ4n) is 2.60. The Balaban J connectivity index is 1.73. The molecular weight excluding hydrogens is 256 g/mol. The average molecular weight is 272 g/mol. The predicted octanol–water partition coefficient (Wildman–Crippen LogP) is 0.619. The molecule has 0 aromatic carbocycles. The molecule has 0 saturated carbocycles. The number of amides is 1. The maximum Gasteiger partial charge on any atom is 0.244 e. The van der Waals surface area contributed by atoms with Gasteiger partial charge in [0.05, 0.1) is 6.04 Å². The number of hydrogen-bond donors (Lipinski definition) is 1. The lowest BCUT2D eigenvalue weighted by atomic mass is 10.1. The topological polar surface area (TPSA) is 89.9 Å². The van der Waals surface area contributed by atoms with E-state index in [1.807, 2.05) is 23.2 Å². The lowest BCUT2D eigenvalue weighted by molar-refractivity contribution is -0.133. The van der Waals surface area contributed by atoms with Crippen LogP contribution in [0.15, 0.2) is 30.9 Å². The van der Waals surface area contributed by atoms with E-state index in [-0.39, 0.29) is 24.4 Å². The van der Waals surface area contributed by atoms with Crippen molar-refractivity contribution in [1.29, 1.82) is 0 Å². The molecule has 7 heteroatoms. The molecule has 0 bridgehead atoms. The third-order valence-electron chi connectivity index (χ3n) is 3.49. The number of nitrogens with two attached hydrogens (primary N) is 1. The molecule has 20 heavy (non-hydrogen) atoms. The van der Waals surface area contributed by atoms with Gasteiger partial charge in [0, 0.05) is 18.9 Å². The second-order valence-corrected chi connectivity index (χ2v) is 4.83. The maximum atomic E-state index is 12.4. The summed E-state index contributed by atoms with van der Waals surface area (Å²) in [5, 5.41) is 3.94. The van der Waals surface area contributed by atoms with Crippen LogP contribution in [0.3, 0.4) is 0 Å². The fraction of sp³-hybridized carbons (Fsp3) is 0.385. The zero-order valence-corrected chi connectivity index (χ0v) is 11.0. The summed E-state index contributed by atoms with van der Waals surface area (Å²) in [7, 11) is 0. The molecule has 1 unspecified atom stereocenters. The average Bonchev–Trinajstić information content (AvgIpc) is 3.09. The van der Waals surface area contributed by atoms with Crippen LogP contribution in [-0.2, 0) is 11.3 Å². The molecule has 3 rings (SSSR count). The van der Waals surface area contributed by atoms with Gasteiger partial charge >= 0.3 is 0 Å². The van der Waals surface area contributed by atoms with E-state index in [9.17, 15) is 4.79 Å². The molecule has 1 aliphatic rings. The smallest absolute Gasteiger partial charge is 0.244 e. The van der Waals surface area contributed by atoms with Crippen LogP contribution in [-0.4, -0.2) is 37.1 Å². The van der Waals surface area contributed by atoms with Crippen LogP contribution < -0.4 is 5.73 Å². The molecule has 3 heterocycles. The van der Waals surface area contributed by atoms with Crippen molar-refractivity contribution in [1.82, 2.24) is 24.6 Å². The zero-order chi connectivity index (χ0) is 13.9. The number of aromatic nitrogens is 4. The molecule has 104 valence electrons. The highest BCUT2D eigenvalue weighted by Crippen LogP contribution is 2.31. The minimum absolute atomic E-state index is 0.0289. The quantitative estimate of drug-likeness (QED) is 0.884. The molecular formula is C13H16N6O. The zero-order valence-electron chi connectivity index (χ0n) is 11.0. The Morgan fingerprint density at radius 1 is 1.50 bits per heavy atom. The first-order valence-electron chi connectivity index (χ1n) is 6.58. The van der Waals surface area contributed by atoms with Crippen LogP contribution in [0.2, 0.25) is 0 Å². The van der Waals surface area contributed by atoms with Gasteiger partial charge in [-0.25, -0.2) is 9.67 Å². The van der Waals surface area contributed by atoms with Crippen molar-refractivity contribution in [3.05, 3.63) is 36.4 Å². The van der Waals surface area contributed by atoms with Crippen molar-refractivity contribution in [2.45, 2.75) is 25.4 Å². The van der Waals surface area contributed by atoms with E-state index in [2.05, 4.69) is 15.1 Å². The Labute approximate surface area is 116 Å². The number of carbonyl (C=O) groups excluding carboxylic acids is 1. The SMILES string of the molecule is Nc1ncn(CC(=O)N2CCCC2c2cccnc2)n1. The van der Waals surface area contributed by atoms with E-state index < -0.39 is 0 Å². The molecule has 2 N–H and O–H groups in total. The molecule has 1 amide bonds. The Morgan fingerprint density at radius 2 is 2.40 bits per heavy atom. The van der Waals surface area contributed by atoms with Crippen LogP contribution >= 0.6 is 0 Å². The number of likely N-dealkylation sites (tertiary alicyclic amines) is 1. The minimum atomic E-state index is 0.0289. The first kappa shape index (κ1) is 12.6. The lowest BCUT2D eigenvalue weighted by Crippen LogP contribution is -2.33. The highest BCUT2D eigenvalue weighted by molar-refractivity contribution is 5.76. The Kier molecular flexibility index (Phi) is 3.32. The molecule has 2 aromatic rings. The molecule has 0 aliphatic carbocycles. The molecule has 1 saturated heterocycles. The molecule has 0 radical (unpaired) electrons. The monoisotopic (exact) mass is 272 g/mol. The van der Waals surface area contributed by atoms with Crippen molar-refractivity contribution in [3.63, 3.8) is 0 Å². The summed E-state index contributed by atoms with van der Waals surface area (Å²) in [6.45, 7) is 0.934. The Bertz CT molecular complexity index is 596. The second kappa shape index (κ2) is 5.28. The molecule has 1 aliphatic heterocycles. The Morgan fingerprint density at radius 3 is 3.10 bits per heavy atom. The molecule has 0 spiro atoms. The van der Waals surface area contributed by atoms with Gasteiger partial charge in [0.2, 0.25) is 11.9 Å².